The first-order chi connectivity index (χ1) is 8.63. The van der Waals surface area contributed by atoms with Crippen molar-refractivity contribution < 1.29 is 19.4 Å². The molecule has 0 aliphatic carbocycles. The lowest BCUT2D eigenvalue weighted by atomic mass is 10.2. The summed E-state index contributed by atoms with van der Waals surface area (Å²) in [6.07, 6.45) is 3.26. The number of methoxy groups -OCH3 is 1. The second-order valence-corrected chi connectivity index (χ2v) is 3.56. The van der Waals surface area contributed by atoms with Gasteiger partial charge in [-0.25, -0.2) is 9.78 Å². The van der Waals surface area contributed by atoms with E-state index in [-0.39, 0.29) is 11.3 Å². The fourth-order valence-corrected chi connectivity index (χ4v) is 1.49. The number of benzene rings is 1. The number of hydrogen-bond donors (Lipinski definition) is 1. The Bertz CT molecular complexity index is 577. The zero-order valence-electron chi connectivity index (χ0n) is 9.95. The molecule has 0 amide bonds. The molecule has 0 fully saturated rings. The number of rotatable bonds is 4. The first-order valence-corrected chi connectivity index (χ1v) is 5.19. The summed E-state index contributed by atoms with van der Waals surface area (Å²) in [5.74, 6) is -0.599. The van der Waals surface area contributed by atoms with Crippen molar-refractivity contribution in [3.8, 4) is 17.5 Å². The van der Waals surface area contributed by atoms with Crippen LogP contribution in [0.1, 0.15) is 10.4 Å². The highest BCUT2D eigenvalue weighted by Crippen LogP contribution is 2.34. The van der Waals surface area contributed by atoms with Gasteiger partial charge in [-0.1, -0.05) is 6.07 Å². The van der Waals surface area contributed by atoms with Crippen LogP contribution in [0.3, 0.4) is 0 Å². The number of hydrogen-bond acceptors (Lipinski definition) is 4. The van der Waals surface area contributed by atoms with E-state index in [1.54, 1.807) is 36.1 Å². The van der Waals surface area contributed by atoms with Crippen LogP contribution in [-0.2, 0) is 7.05 Å². The average molecular weight is 248 g/mol. The first kappa shape index (κ1) is 12.0. The summed E-state index contributed by atoms with van der Waals surface area (Å²) in [6, 6.07) is 4.96. The summed E-state index contributed by atoms with van der Waals surface area (Å²) in [4.78, 5) is 15.1. The smallest absolute Gasteiger partial charge is 0.339 e. The number of imidazole rings is 1. The second-order valence-electron chi connectivity index (χ2n) is 3.56. The van der Waals surface area contributed by atoms with Crippen molar-refractivity contribution in [3.63, 3.8) is 0 Å². The molecule has 2 rings (SSSR count). The predicted octanol–water partition coefficient (Wildman–Crippen LogP) is 1.92. The summed E-state index contributed by atoms with van der Waals surface area (Å²) in [7, 11) is 3.20. The van der Waals surface area contributed by atoms with Crippen molar-refractivity contribution in [2.45, 2.75) is 0 Å². The highest BCUT2D eigenvalue weighted by atomic mass is 16.5. The lowest BCUT2D eigenvalue weighted by Crippen LogP contribution is -2.03. The van der Waals surface area contributed by atoms with Crippen LogP contribution in [0.2, 0.25) is 0 Å². The number of carboxylic acid groups (broad SMARTS) is 1. The Balaban J connectivity index is 2.48. The number of aryl methyl sites for hydroxylation is 1. The van der Waals surface area contributed by atoms with Gasteiger partial charge in [0.2, 0.25) is 0 Å². The Kier molecular flexibility index (Phi) is 3.18. The number of carboxylic acids is 1. The first-order valence-electron chi connectivity index (χ1n) is 5.19. The molecule has 0 radical (unpaired) electrons. The minimum absolute atomic E-state index is 0.0253. The maximum Gasteiger partial charge on any atom is 0.339 e. The van der Waals surface area contributed by atoms with Gasteiger partial charge < -0.3 is 19.1 Å². The third-order valence-electron chi connectivity index (χ3n) is 2.40. The topological polar surface area (TPSA) is 73.6 Å². The zero-order valence-corrected chi connectivity index (χ0v) is 9.95. The van der Waals surface area contributed by atoms with Crippen molar-refractivity contribution >= 4 is 5.97 Å². The summed E-state index contributed by atoms with van der Waals surface area (Å²) >= 11 is 0. The molecule has 0 spiro atoms. The van der Waals surface area contributed by atoms with E-state index in [0.29, 0.717) is 11.8 Å². The van der Waals surface area contributed by atoms with Gasteiger partial charge in [-0.3, -0.25) is 0 Å². The van der Waals surface area contributed by atoms with Gasteiger partial charge in [0.05, 0.1) is 7.11 Å². The van der Waals surface area contributed by atoms with Crippen LogP contribution < -0.4 is 9.47 Å². The maximum absolute atomic E-state index is 11.1. The molecule has 0 saturated heterocycles. The largest absolute Gasteiger partial charge is 0.493 e. The Labute approximate surface area is 103 Å². The standard InChI is InChI=1S/C12H12N2O4/c1-14-7-6-13-12(14)18-10-8(11(15)16)4-3-5-9(10)17-2/h3-7H,1-2H3,(H,15,16). The van der Waals surface area contributed by atoms with E-state index in [1.165, 1.54) is 13.2 Å². The van der Waals surface area contributed by atoms with Crippen LogP contribution in [0.5, 0.6) is 17.5 Å². The summed E-state index contributed by atoms with van der Waals surface area (Å²) in [6.45, 7) is 0. The lowest BCUT2D eigenvalue weighted by Gasteiger charge is -2.11. The lowest BCUT2D eigenvalue weighted by molar-refractivity contribution is 0.0693. The molecule has 1 N–H and O–H groups in total. The minimum atomic E-state index is -1.09. The molecular formula is C12H12N2O4. The van der Waals surface area contributed by atoms with Crippen LogP contribution in [0.4, 0.5) is 0 Å². The summed E-state index contributed by atoms with van der Waals surface area (Å²) in [5, 5.41) is 9.12. The van der Waals surface area contributed by atoms with Gasteiger partial charge in [0.1, 0.15) is 5.56 Å². The molecule has 1 aromatic carbocycles. The molecule has 0 unspecified atom stereocenters. The highest BCUT2D eigenvalue weighted by Gasteiger charge is 2.18. The monoisotopic (exact) mass is 248 g/mol. The number of carbonyl (C=O) groups is 1. The van der Waals surface area contributed by atoms with Crippen molar-refractivity contribution in [1.29, 1.82) is 0 Å². The van der Waals surface area contributed by atoms with E-state index < -0.39 is 5.97 Å². The van der Waals surface area contributed by atoms with Crippen LogP contribution in [0.15, 0.2) is 30.6 Å². The normalized spacial score (nSPS) is 10.1. The molecule has 0 saturated carbocycles. The quantitative estimate of drug-likeness (QED) is 0.894. The molecule has 1 aromatic heterocycles. The van der Waals surface area contributed by atoms with Gasteiger partial charge in [-0.05, 0) is 12.1 Å². The zero-order chi connectivity index (χ0) is 13.1. The molecule has 0 aliphatic heterocycles. The fraction of sp³-hybridized carbons (Fsp3) is 0.167. The van der Waals surface area contributed by atoms with E-state index in [9.17, 15) is 4.79 Å². The van der Waals surface area contributed by atoms with E-state index in [2.05, 4.69) is 4.98 Å². The van der Waals surface area contributed by atoms with Gasteiger partial charge in [0, 0.05) is 19.4 Å². The Morgan fingerprint density at radius 2 is 2.22 bits per heavy atom. The van der Waals surface area contributed by atoms with Gasteiger partial charge in [0.25, 0.3) is 0 Å². The van der Waals surface area contributed by atoms with Crippen LogP contribution >= 0.6 is 0 Å². The van der Waals surface area contributed by atoms with Gasteiger partial charge in [-0.2, -0.15) is 0 Å². The molecule has 6 heteroatoms. The Morgan fingerprint density at radius 1 is 1.44 bits per heavy atom. The molecule has 94 valence electrons. The van der Waals surface area contributed by atoms with Crippen molar-refractivity contribution in [2.24, 2.45) is 7.05 Å². The maximum atomic E-state index is 11.1. The van der Waals surface area contributed by atoms with Crippen LogP contribution in [0.25, 0.3) is 0 Å². The van der Waals surface area contributed by atoms with E-state index in [0.717, 1.165) is 0 Å². The number of aromatic nitrogens is 2. The van der Waals surface area contributed by atoms with E-state index >= 15 is 0 Å². The summed E-state index contributed by atoms with van der Waals surface area (Å²) in [5.41, 5.74) is 0.0253. The van der Waals surface area contributed by atoms with E-state index in [4.69, 9.17) is 14.6 Å². The van der Waals surface area contributed by atoms with E-state index in [1.807, 2.05) is 0 Å². The minimum Gasteiger partial charge on any atom is -0.493 e. The highest BCUT2D eigenvalue weighted by molar-refractivity contribution is 5.92. The molecule has 0 bridgehead atoms. The number of aromatic carboxylic acids is 1. The molecule has 0 atom stereocenters. The van der Waals surface area contributed by atoms with Crippen molar-refractivity contribution in [1.82, 2.24) is 9.55 Å². The summed E-state index contributed by atoms with van der Waals surface area (Å²) < 4.78 is 12.2. The third-order valence-corrected chi connectivity index (χ3v) is 2.40. The van der Waals surface area contributed by atoms with Crippen LogP contribution in [0, 0.1) is 0 Å². The fourth-order valence-electron chi connectivity index (χ4n) is 1.49. The number of nitrogens with zero attached hydrogens (tertiary/aromatic N) is 2. The molecule has 18 heavy (non-hydrogen) atoms. The third kappa shape index (κ3) is 2.13. The van der Waals surface area contributed by atoms with Crippen molar-refractivity contribution in [2.75, 3.05) is 7.11 Å². The molecule has 1 heterocycles. The number of para-hydroxylation sites is 1. The Hall–Kier alpha value is -2.50. The van der Waals surface area contributed by atoms with Crippen molar-refractivity contribution in [3.05, 3.63) is 36.2 Å². The van der Waals surface area contributed by atoms with Gasteiger partial charge in [-0.15, -0.1) is 0 Å². The second kappa shape index (κ2) is 4.79. The molecular weight excluding hydrogens is 236 g/mol. The Morgan fingerprint density at radius 3 is 2.78 bits per heavy atom. The predicted molar refractivity (Wildman–Crippen MR) is 63.2 cm³/mol. The molecule has 6 nitrogen and oxygen atoms in total. The average Bonchev–Trinajstić information content (AvgIpc) is 2.75. The molecule has 0 aliphatic rings. The van der Waals surface area contributed by atoms with Gasteiger partial charge >= 0.3 is 12.0 Å². The van der Waals surface area contributed by atoms with Gasteiger partial charge in [0.15, 0.2) is 11.5 Å². The SMILES string of the molecule is COc1cccc(C(=O)O)c1Oc1nccn1C. The number of ether oxygens (including phenoxy) is 2. The molecule has 2 aromatic rings. The van der Waals surface area contributed by atoms with Crippen LogP contribution in [-0.4, -0.2) is 27.7 Å².